The molecule has 0 bridgehead atoms. The molecule has 38 heavy (non-hydrogen) atoms. The molecule has 0 aliphatic heterocycles. The number of thiophene rings is 1. The fourth-order valence-corrected chi connectivity index (χ4v) is 6.42. The average molecular weight is 529 g/mol. The number of esters is 1. The van der Waals surface area contributed by atoms with Crippen molar-refractivity contribution in [3.05, 3.63) is 59.7 Å². The highest BCUT2D eigenvalue weighted by Gasteiger charge is 2.35. The Morgan fingerprint density at radius 2 is 1.79 bits per heavy atom. The third kappa shape index (κ3) is 4.97. The van der Waals surface area contributed by atoms with Crippen molar-refractivity contribution in [3.8, 4) is 21.7 Å². The fraction of sp³-hybridized carbons (Fsp3) is 0.400. The first-order valence-electron chi connectivity index (χ1n) is 13.4. The van der Waals surface area contributed by atoms with E-state index in [1.807, 2.05) is 53.6 Å². The number of fused-ring (bicyclic) bond motifs is 1. The van der Waals surface area contributed by atoms with Gasteiger partial charge in [-0.2, -0.15) is 5.10 Å². The van der Waals surface area contributed by atoms with Gasteiger partial charge < -0.3 is 9.64 Å². The molecule has 0 N–H and O–H groups in total. The first kappa shape index (κ1) is 24.8. The molecule has 1 aromatic carbocycles. The van der Waals surface area contributed by atoms with Gasteiger partial charge in [-0.15, -0.1) is 11.3 Å². The van der Waals surface area contributed by atoms with E-state index in [1.165, 1.54) is 18.4 Å². The molecule has 0 unspecified atom stereocenters. The first-order chi connectivity index (χ1) is 18.5. The quantitative estimate of drug-likeness (QED) is 0.257. The van der Waals surface area contributed by atoms with Crippen molar-refractivity contribution in [1.29, 1.82) is 0 Å². The molecule has 3 heterocycles. The zero-order valence-electron chi connectivity index (χ0n) is 21.8. The van der Waals surface area contributed by atoms with Crippen molar-refractivity contribution in [2.45, 2.75) is 45.4 Å². The van der Waals surface area contributed by atoms with E-state index in [4.69, 9.17) is 4.74 Å². The molecule has 2 fully saturated rings. The van der Waals surface area contributed by atoms with Gasteiger partial charge in [-0.05, 0) is 68.1 Å². The number of anilines is 1. The maximum Gasteiger partial charge on any atom is 0.350 e. The van der Waals surface area contributed by atoms with Gasteiger partial charge in [-0.3, -0.25) is 4.79 Å². The topological polar surface area (TPSA) is 76.8 Å². The lowest BCUT2D eigenvalue weighted by molar-refractivity contribution is -0.123. The van der Waals surface area contributed by atoms with Crippen molar-refractivity contribution in [2.75, 3.05) is 18.6 Å². The number of benzene rings is 1. The number of rotatable bonds is 7. The molecular formula is C30H32N4O3S. The largest absolute Gasteiger partial charge is 0.465 e. The van der Waals surface area contributed by atoms with E-state index in [9.17, 15) is 9.59 Å². The summed E-state index contributed by atoms with van der Waals surface area (Å²) in [4.78, 5) is 34.4. The molecule has 2 aliphatic rings. The second-order valence-corrected chi connectivity index (χ2v) is 11.7. The van der Waals surface area contributed by atoms with E-state index >= 15 is 0 Å². The van der Waals surface area contributed by atoms with Gasteiger partial charge in [0.05, 0.1) is 18.5 Å². The van der Waals surface area contributed by atoms with E-state index in [-0.39, 0.29) is 11.8 Å². The van der Waals surface area contributed by atoms with Gasteiger partial charge in [0.15, 0.2) is 5.65 Å². The zero-order valence-corrected chi connectivity index (χ0v) is 22.6. The van der Waals surface area contributed by atoms with Gasteiger partial charge in [-0.1, -0.05) is 31.2 Å². The third-order valence-electron chi connectivity index (χ3n) is 7.84. The summed E-state index contributed by atoms with van der Waals surface area (Å²) in [5.74, 6) is 0.978. The van der Waals surface area contributed by atoms with Crippen molar-refractivity contribution in [3.63, 3.8) is 0 Å². The second kappa shape index (κ2) is 10.3. The molecule has 196 valence electrons. The number of carbonyl (C=O) groups excluding carboxylic acids is 2. The lowest BCUT2D eigenvalue weighted by Crippen LogP contribution is -2.39. The minimum absolute atomic E-state index is 0.0259. The number of ether oxygens (including phenoxy) is 1. The maximum atomic E-state index is 13.8. The number of carbonyl (C=O) groups is 2. The number of amides is 1. The zero-order chi connectivity index (χ0) is 26.2. The van der Waals surface area contributed by atoms with Crippen LogP contribution in [-0.2, 0) is 9.53 Å². The van der Waals surface area contributed by atoms with Crippen LogP contribution in [0, 0.1) is 17.8 Å². The Balaban J connectivity index is 1.32. The molecule has 6 rings (SSSR count). The minimum atomic E-state index is -0.393. The van der Waals surface area contributed by atoms with Crippen LogP contribution in [0.1, 0.15) is 55.1 Å². The van der Waals surface area contributed by atoms with Gasteiger partial charge in [0.25, 0.3) is 0 Å². The number of nitrogens with zero attached hydrogens (tertiary/aromatic N) is 4. The summed E-state index contributed by atoms with van der Waals surface area (Å²) in [6, 6.07) is 14.0. The van der Waals surface area contributed by atoms with E-state index in [1.54, 1.807) is 10.7 Å². The number of aromatic nitrogens is 3. The standard InChI is InChI=1S/C30H32N4O3S/c1-19-4-8-23(9-5-19)29(35)33(18-20-6-7-20)25-17-26(38-28(25)30(36)37-2)22-12-10-21(11-13-22)24-16-27-31-14-3-15-34(27)32-24/h3,10-17,19-20,23H,4-9,18H2,1-2H3. The second-order valence-electron chi connectivity index (χ2n) is 10.7. The highest BCUT2D eigenvalue weighted by Crippen LogP contribution is 2.42. The molecular weight excluding hydrogens is 496 g/mol. The monoisotopic (exact) mass is 528 g/mol. The Bertz CT molecular complexity index is 1430. The van der Waals surface area contributed by atoms with Gasteiger partial charge in [0.1, 0.15) is 4.88 Å². The first-order valence-corrected chi connectivity index (χ1v) is 14.3. The van der Waals surface area contributed by atoms with E-state index in [0.717, 1.165) is 65.9 Å². The summed E-state index contributed by atoms with van der Waals surface area (Å²) in [6.45, 7) is 2.94. The molecule has 0 atom stereocenters. The summed E-state index contributed by atoms with van der Waals surface area (Å²) in [5, 5.41) is 4.61. The molecule has 0 radical (unpaired) electrons. The van der Waals surface area contributed by atoms with Gasteiger partial charge in [-0.25, -0.2) is 14.3 Å². The predicted octanol–water partition coefficient (Wildman–Crippen LogP) is 6.48. The fourth-order valence-electron chi connectivity index (χ4n) is 5.33. The molecule has 4 aromatic rings. The summed E-state index contributed by atoms with van der Waals surface area (Å²) in [6.07, 6.45) is 9.92. The molecule has 2 saturated carbocycles. The van der Waals surface area contributed by atoms with E-state index in [2.05, 4.69) is 17.0 Å². The summed E-state index contributed by atoms with van der Waals surface area (Å²) >= 11 is 1.39. The Labute approximate surface area is 226 Å². The smallest absolute Gasteiger partial charge is 0.350 e. The highest BCUT2D eigenvalue weighted by molar-refractivity contribution is 7.18. The van der Waals surface area contributed by atoms with Crippen LogP contribution in [-0.4, -0.2) is 40.1 Å². The van der Waals surface area contributed by atoms with Crippen LogP contribution in [0.4, 0.5) is 5.69 Å². The Hall–Kier alpha value is -3.52. The number of hydrogen-bond donors (Lipinski definition) is 0. The van der Waals surface area contributed by atoms with Crippen LogP contribution in [0.2, 0.25) is 0 Å². The van der Waals surface area contributed by atoms with Crippen LogP contribution in [0.15, 0.2) is 54.9 Å². The lowest BCUT2D eigenvalue weighted by Gasteiger charge is -2.31. The number of hydrogen-bond acceptors (Lipinski definition) is 6. The average Bonchev–Trinajstić information content (AvgIpc) is 3.49. The molecule has 2 aliphatic carbocycles. The van der Waals surface area contributed by atoms with Gasteiger partial charge in [0, 0.05) is 41.4 Å². The lowest BCUT2D eigenvalue weighted by atomic mass is 9.82. The number of methoxy groups -OCH3 is 1. The summed E-state index contributed by atoms with van der Waals surface area (Å²) in [7, 11) is 1.40. The molecule has 1 amide bonds. The van der Waals surface area contributed by atoms with Crippen molar-refractivity contribution >= 4 is 34.5 Å². The van der Waals surface area contributed by atoms with Gasteiger partial charge >= 0.3 is 5.97 Å². The van der Waals surface area contributed by atoms with Crippen molar-refractivity contribution < 1.29 is 14.3 Å². The Morgan fingerprint density at radius 1 is 1.05 bits per heavy atom. The van der Waals surface area contributed by atoms with Crippen LogP contribution < -0.4 is 4.90 Å². The normalized spacial score (nSPS) is 19.4. The van der Waals surface area contributed by atoms with Crippen molar-refractivity contribution in [2.24, 2.45) is 17.8 Å². The summed E-state index contributed by atoms with van der Waals surface area (Å²) < 4.78 is 6.92. The van der Waals surface area contributed by atoms with E-state index in [0.29, 0.717) is 28.9 Å². The van der Waals surface area contributed by atoms with Crippen LogP contribution in [0.25, 0.3) is 27.3 Å². The molecule has 0 saturated heterocycles. The summed E-state index contributed by atoms with van der Waals surface area (Å²) in [5.41, 5.74) is 4.32. The van der Waals surface area contributed by atoms with Crippen LogP contribution >= 0.6 is 11.3 Å². The highest BCUT2D eigenvalue weighted by atomic mass is 32.1. The Morgan fingerprint density at radius 3 is 2.47 bits per heavy atom. The van der Waals surface area contributed by atoms with Crippen LogP contribution in [0.3, 0.4) is 0 Å². The molecule has 3 aromatic heterocycles. The molecule has 8 heteroatoms. The third-order valence-corrected chi connectivity index (χ3v) is 9.00. The SMILES string of the molecule is COC(=O)c1sc(-c2ccc(-c3cc4ncccn4n3)cc2)cc1N(CC1CC1)C(=O)C1CCC(C)CC1. The van der Waals surface area contributed by atoms with Gasteiger partial charge in [0.2, 0.25) is 5.91 Å². The van der Waals surface area contributed by atoms with Crippen LogP contribution in [0.5, 0.6) is 0 Å². The predicted molar refractivity (Wildman–Crippen MR) is 149 cm³/mol. The van der Waals surface area contributed by atoms with Crippen molar-refractivity contribution in [1.82, 2.24) is 14.6 Å². The van der Waals surface area contributed by atoms with E-state index < -0.39 is 5.97 Å². The molecule has 7 nitrogen and oxygen atoms in total. The minimum Gasteiger partial charge on any atom is -0.465 e. The molecule has 0 spiro atoms. The Kier molecular flexibility index (Phi) is 6.74. The maximum absolute atomic E-state index is 13.8.